The van der Waals surface area contributed by atoms with Crippen molar-refractivity contribution < 1.29 is 4.79 Å². The Balaban J connectivity index is 2.28. The molecule has 0 bridgehead atoms. The lowest BCUT2D eigenvalue weighted by Crippen LogP contribution is -2.54. The Labute approximate surface area is 174 Å². The van der Waals surface area contributed by atoms with Crippen LogP contribution in [0, 0.1) is 6.92 Å². The first kappa shape index (κ1) is 20.8. The molecule has 0 saturated carbocycles. The summed E-state index contributed by atoms with van der Waals surface area (Å²) >= 11 is 0. The summed E-state index contributed by atoms with van der Waals surface area (Å²) in [5.74, 6) is -0.316. The molecule has 1 amide bonds. The lowest BCUT2D eigenvalue weighted by atomic mass is 9.74. The van der Waals surface area contributed by atoms with Gasteiger partial charge in [-0.25, -0.2) is 0 Å². The van der Waals surface area contributed by atoms with Gasteiger partial charge >= 0.3 is 0 Å². The van der Waals surface area contributed by atoms with E-state index in [1.165, 1.54) is 0 Å². The SMILES string of the molecule is CCCCC(NC(c1ccccc1)(c1ccccc1)c1ccccc1C)C(N)=O. The van der Waals surface area contributed by atoms with E-state index in [1.807, 2.05) is 42.5 Å². The highest BCUT2D eigenvalue weighted by molar-refractivity contribution is 5.80. The van der Waals surface area contributed by atoms with Gasteiger partial charge in [0.15, 0.2) is 0 Å². The first-order chi connectivity index (χ1) is 14.1. The highest BCUT2D eigenvalue weighted by Crippen LogP contribution is 2.39. The molecule has 3 N–H and O–H groups in total. The zero-order chi connectivity index (χ0) is 20.7. The summed E-state index contributed by atoms with van der Waals surface area (Å²) in [6.45, 7) is 4.24. The molecule has 0 aliphatic carbocycles. The monoisotopic (exact) mass is 386 g/mol. The van der Waals surface area contributed by atoms with Crippen molar-refractivity contribution in [2.45, 2.75) is 44.7 Å². The predicted molar refractivity (Wildman–Crippen MR) is 120 cm³/mol. The maximum absolute atomic E-state index is 12.4. The van der Waals surface area contributed by atoms with Crippen molar-refractivity contribution in [1.29, 1.82) is 0 Å². The number of hydrogen-bond donors (Lipinski definition) is 2. The maximum atomic E-state index is 12.4. The molecule has 3 rings (SSSR count). The van der Waals surface area contributed by atoms with Crippen molar-refractivity contribution in [3.63, 3.8) is 0 Å². The minimum atomic E-state index is -0.679. The third-order valence-electron chi connectivity index (χ3n) is 5.54. The van der Waals surface area contributed by atoms with Gasteiger partial charge in [-0.1, -0.05) is 105 Å². The van der Waals surface area contributed by atoms with Gasteiger partial charge < -0.3 is 5.73 Å². The van der Waals surface area contributed by atoms with Gasteiger partial charge in [0.05, 0.1) is 11.6 Å². The molecule has 0 fully saturated rings. The number of nitrogens with one attached hydrogen (secondary N) is 1. The molecule has 3 heteroatoms. The largest absolute Gasteiger partial charge is 0.368 e. The quantitative estimate of drug-likeness (QED) is 0.513. The van der Waals surface area contributed by atoms with Crippen LogP contribution in [-0.4, -0.2) is 11.9 Å². The van der Waals surface area contributed by atoms with Gasteiger partial charge in [0.1, 0.15) is 0 Å². The molecule has 150 valence electrons. The van der Waals surface area contributed by atoms with Gasteiger partial charge in [-0.2, -0.15) is 0 Å². The number of primary amides is 1. The molecular weight excluding hydrogens is 356 g/mol. The maximum Gasteiger partial charge on any atom is 0.234 e. The summed E-state index contributed by atoms with van der Waals surface area (Å²) in [4.78, 5) is 12.4. The highest BCUT2D eigenvalue weighted by atomic mass is 16.1. The van der Waals surface area contributed by atoms with Crippen molar-refractivity contribution in [3.8, 4) is 0 Å². The molecule has 3 aromatic carbocycles. The summed E-state index contributed by atoms with van der Waals surface area (Å²) in [6.07, 6.45) is 2.66. The average molecular weight is 387 g/mol. The Kier molecular flexibility index (Phi) is 6.84. The van der Waals surface area contributed by atoms with Crippen molar-refractivity contribution in [3.05, 3.63) is 107 Å². The number of benzene rings is 3. The first-order valence-corrected chi connectivity index (χ1v) is 10.3. The number of amides is 1. The van der Waals surface area contributed by atoms with Crippen molar-refractivity contribution in [1.82, 2.24) is 5.32 Å². The summed E-state index contributed by atoms with van der Waals surface area (Å²) in [6, 6.07) is 28.6. The van der Waals surface area contributed by atoms with E-state index in [2.05, 4.69) is 61.6 Å². The zero-order valence-electron chi connectivity index (χ0n) is 17.3. The molecule has 3 aromatic rings. The van der Waals surface area contributed by atoms with Crippen LogP contribution in [0.1, 0.15) is 48.4 Å². The van der Waals surface area contributed by atoms with E-state index < -0.39 is 11.6 Å². The van der Waals surface area contributed by atoms with Gasteiger partial charge in [0.25, 0.3) is 0 Å². The number of carbonyl (C=O) groups excluding carboxylic acids is 1. The molecule has 29 heavy (non-hydrogen) atoms. The van der Waals surface area contributed by atoms with Crippen LogP contribution < -0.4 is 11.1 Å². The van der Waals surface area contributed by atoms with E-state index in [0.717, 1.165) is 35.1 Å². The molecule has 0 aromatic heterocycles. The molecule has 0 aliphatic heterocycles. The van der Waals surface area contributed by atoms with Crippen molar-refractivity contribution in [2.75, 3.05) is 0 Å². The normalized spacial score (nSPS) is 12.5. The summed E-state index contributed by atoms with van der Waals surface area (Å²) in [7, 11) is 0. The topological polar surface area (TPSA) is 55.1 Å². The molecule has 0 saturated heterocycles. The minimum absolute atomic E-state index is 0.316. The van der Waals surface area contributed by atoms with Gasteiger partial charge in [-0.3, -0.25) is 10.1 Å². The molecule has 0 aliphatic rings. The molecule has 0 heterocycles. The predicted octanol–water partition coefficient (Wildman–Crippen LogP) is 4.92. The number of aryl methyl sites for hydroxylation is 1. The van der Waals surface area contributed by atoms with Crippen LogP contribution in [0.15, 0.2) is 84.9 Å². The first-order valence-electron chi connectivity index (χ1n) is 10.3. The van der Waals surface area contributed by atoms with Crippen LogP contribution in [0.2, 0.25) is 0 Å². The number of hydrogen-bond acceptors (Lipinski definition) is 2. The number of unbranched alkanes of at least 4 members (excludes halogenated alkanes) is 1. The van der Waals surface area contributed by atoms with Crippen LogP contribution in [0.5, 0.6) is 0 Å². The second-order valence-electron chi connectivity index (χ2n) is 7.54. The molecule has 0 radical (unpaired) electrons. The number of nitrogens with two attached hydrogens (primary N) is 1. The number of rotatable bonds is 9. The molecule has 1 atom stereocenters. The summed E-state index contributed by atoms with van der Waals surface area (Å²) in [5.41, 5.74) is 9.63. The van der Waals surface area contributed by atoms with Crippen LogP contribution in [0.3, 0.4) is 0 Å². The summed E-state index contributed by atoms with van der Waals surface area (Å²) in [5, 5.41) is 3.72. The lowest BCUT2D eigenvalue weighted by molar-refractivity contribution is -0.120. The van der Waals surface area contributed by atoms with Crippen molar-refractivity contribution in [2.24, 2.45) is 5.73 Å². The zero-order valence-corrected chi connectivity index (χ0v) is 17.3. The van der Waals surface area contributed by atoms with E-state index in [9.17, 15) is 4.79 Å². The lowest BCUT2D eigenvalue weighted by Gasteiger charge is -2.40. The Bertz CT molecular complexity index is 882. The highest BCUT2D eigenvalue weighted by Gasteiger charge is 2.40. The van der Waals surface area contributed by atoms with Gasteiger partial charge in [0, 0.05) is 0 Å². The fourth-order valence-electron chi connectivity index (χ4n) is 4.05. The second-order valence-corrected chi connectivity index (χ2v) is 7.54. The molecule has 1 unspecified atom stereocenters. The van der Waals surface area contributed by atoms with Gasteiger partial charge in [-0.15, -0.1) is 0 Å². The second kappa shape index (κ2) is 9.53. The van der Waals surface area contributed by atoms with Crippen molar-refractivity contribution >= 4 is 5.91 Å². The van der Waals surface area contributed by atoms with E-state index in [-0.39, 0.29) is 5.91 Å². The van der Waals surface area contributed by atoms with E-state index >= 15 is 0 Å². The Morgan fingerprint density at radius 2 is 1.41 bits per heavy atom. The minimum Gasteiger partial charge on any atom is -0.368 e. The number of carbonyl (C=O) groups is 1. The summed E-state index contributed by atoms with van der Waals surface area (Å²) < 4.78 is 0. The Hall–Kier alpha value is -2.91. The molecule has 0 spiro atoms. The van der Waals surface area contributed by atoms with Crippen LogP contribution in [0.4, 0.5) is 0 Å². The van der Waals surface area contributed by atoms with E-state index in [0.29, 0.717) is 6.42 Å². The molecular formula is C26H30N2O. The average Bonchev–Trinajstić information content (AvgIpc) is 2.76. The Morgan fingerprint density at radius 3 is 1.90 bits per heavy atom. The third-order valence-corrected chi connectivity index (χ3v) is 5.54. The standard InChI is InChI=1S/C26H30N2O/c1-3-4-19-24(25(27)29)28-26(21-14-7-5-8-15-21,22-16-9-6-10-17-22)23-18-12-11-13-20(23)2/h5-18,24,28H,3-4,19H2,1-2H3,(H2,27,29). The molecule has 3 nitrogen and oxygen atoms in total. The van der Waals surface area contributed by atoms with E-state index in [1.54, 1.807) is 0 Å². The fourth-order valence-corrected chi connectivity index (χ4v) is 4.05. The fraction of sp³-hybridized carbons (Fsp3) is 0.269. The van der Waals surface area contributed by atoms with Crippen LogP contribution >= 0.6 is 0 Å². The Morgan fingerprint density at radius 1 is 0.897 bits per heavy atom. The third kappa shape index (κ3) is 4.41. The van der Waals surface area contributed by atoms with Gasteiger partial charge in [-0.05, 0) is 35.6 Å². The smallest absolute Gasteiger partial charge is 0.234 e. The van der Waals surface area contributed by atoms with Gasteiger partial charge in [0.2, 0.25) is 5.91 Å². The van der Waals surface area contributed by atoms with Crippen LogP contribution in [0.25, 0.3) is 0 Å². The van der Waals surface area contributed by atoms with E-state index in [4.69, 9.17) is 5.73 Å². The van der Waals surface area contributed by atoms with Crippen LogP contribution in [-0.2, 0) is 10.3 Å².